The van der Waals surface area contributed by atoms with E-state index in [1.54, 1.807) is 0 Å². The van der Waals surface area contributed by atoms with Crippen LogP contribution in [0.5, 0.6) is 0 Å². The maximum Gasteiger partial charge on any atom is 0.293 e. The summed E-state index contributed by atoms with van der Waals surface area (Å²) in [5.74, 6) is 0. The van der Waals surface area contributed by atoms with E-state index in [2.05, 4.69) is 4.90 Å². The van der Waals surface area contributed by atoms with Gasteiger partial charge in [0.2, 0.25) is 0 Å². The molecule has 8 nitrogen and oxygen atoms in total. The van der Waals surface area contributed by atoms with Gasteiger partial charge in [0.05, 0.1) is 28.6 Å². The third-order valence-electron chi connectivity index (χ3n) is 4.49. The summed E-state index contributed by atoms with van der Waals surface area (Å²) in [5.41, 5.74) is 0.253. The molecule has 2 fully saturated rings. The molecule has 2 unspecified atom stereocenters. The Bertz CT molecular complexity index is 736. The van der Waals surface area contributed by atoms with Crippen LogP contribution in [0.2, 0.25) is 0 Å². The average molecular weight is 341 g/mol. The summed E-state index contributed by atoms with van der Waals surface area (Å²) in [4.78, 5) is 14.9. The number of nitro benzene ring substituents is 1. The zero-order valence-corrected chi connectivity index (χ0v) is 13.8. The first-order valence-corrected chi connectivity index (χ1v) is 9.22. The van der Waals surface area contributed by atoms with Crippen molar-refractivity contribution in [3.63, 3.8) is 0 Å². The Kier molecular flexibility index (Phi) is 4.03. The van der Waals surface area contributed by atoms with E-state index in [1.165, 1.54) is 12.1 Å². The molecule has 2 aliphatic rings. The molecule has 2 atom stereocenters. The molecule has 1 aromatic carbocycles. The van der Waals surface area contributed by atoms with Gasteiger partial charge < -0.3 is 9.64 Å². The number of nitro groups is 1. The van der Waals surface area contributed by atoms with Crippen LogP contribution in [-0.2, 0) is 14.6 Å². The number of fused-ring (bicyclic) bond motifs is 1. The van der Waals surface area contributed by atoms with Gasteiger partial charge in [-0.3, -0.25) is 15.0 Å². The molecule has 3 rings (SSSR count). The monoisotopic (exact) mass is 341 g/mol. The molecule has 0 saturated carbocycles. The molecule has 2 saturated heterocycles. The zero-order valence-electron chi connectivity index (χ0n) is 13.0. The van der Waals surface area contributed by atoms with Gasteiger partial charge in [-0.25, -0.2) is 8.42 Å². The highest BCUT2D eigenvalue weighted by Gasteiger charge is 2.40. The van der Waals surface area contributed by atoms with Crippen LogP contribution in [0.4, 0.5) is 11.4 Å². The fourth-order valence-corrected chi connectivity index (χ4v) is 3.84. The molecule has 23 heavy (non-hydrogen) atoms. The molecule has 126 valence electrons. The smallest absolute Gasteiger partial charge is 0.293 e. The Morgan fingerprint density at radius 3 is 2.70 bits per heavy atom. The second kappa shape index (κ2) is 5.73. The minimum atomic E-state index is -3.48. The van der Waals surface area contributed by atoms with E-state index in [1.807, 2.05) is 11.9 Å². The van der Waals surface area contributed by atoms with Gasteiger partial charge in [0, 0.05) is 32.0 Å². The van der Waals surface area contributed by atoms with Gasteiger partial charge in [0.25, 0.3) is 5.69 Å². The SMILES string of the molecule is CN1CCOC2CN(c3ccc(S(C)(=O)=O)cc3[N+](=O)[O-])CC21. The Hall–Kier alpha value is -1.71. The van der Waals surface area contributed by atoms with Crippen molar-refractivity contribution < 1.29 is 18.1 Å². The first-order chi connectivity index (χ1) is 10.8. The Balaban J connectivity index is 1.95. The topological polar surface area (TPSA) is 93.0 Å². The predicted octanol–water partition coefficient (Wildman–Crippen LogP) is 0.517. The lowest BCUT2D eigenvalue weighted by Crippen LogP contribution is -2.48. The fraction of sp³-hybridized carbons (Fsp3) is 0.571. The number of nitrogens with zero attached hydrogens (tertiary/aromatic N) is 3. The summed E-state index contributed by atoms with van der Waals surface area (Å²) < 4.78 is 29.0. The maximum absolute atomic E-state index is 11.6. The molecular weight excluding hydrogens is 322 g/mol. The summed E-state index contributed by atoms with van der Waals surface area (Å²) in [6.45, 7) is 2.68. The normalized spacial score (nSPS) is 25.4. The van der Waals surface area contributed by atoms with E-state index in [-0.39, 0.29) is 22.7 Å². The molecule has 2 heterocycles. The van der Waals surface area contributed by atoms with Crippen molar-refractivity contribution >= 4 is 21.2 Å². The number of hydrogen-bond donors (Lipinski definition) is 0. The van der Waals surface area contributed by atoms with Gasteiger partial charge in [-0.15, -0.1) is 0 Å². The molecule has 0 aliphatic carbocycles. The number of likely N-dealkylation sites (N-methyl/N-ethyl adjacent to an activating group) is 1. The number of hydrogen-bond acceptors (Lipinski definition) is 7. The summed E-state index contributed by atoms with van der Waals surface area (Å²) in [7, 11) is -1.47. The number of rotatable bonds is 3. The lowest BCUT2D eigenvalue weighted by Gasteiger charge is -2.33. The number of anilines is 1. The van der Waals surface area contributed by atoms with Gasteiger partial charge in [-0.2, -0.15) is 0 Å². The molecule has 0 bridgehead atoms. The minimum Gasteiger partial charge on any atom is -0.373 e. The third kappa shape index (κ3) is 3.04. The first-order valence-electron chi connectivity index (χ1n) is 7.32. The second-order valence-electron chi connectivity index (χ2n) is 6.04. The number of morpholine rings is 1. The molecule has 0 spiro atoms. The Labute approximate surface area is 134 Å². The van der Waals surface area contributed by atoms with E-state index < -0.39 is 14.8 Å². The summed E-state index contributed by atoms with van der Waals surface area (Å²) in [5, 5.41) is 11.4. The van der Waals surface area contributed by atoms with Crippen molar-refractivity contribution in [2.24, 2.45) is 0 Å². The largest absolute Gasteiger partial charge is 0.373 e. The maximum atomic E-state index is 11.6. The van der Waals surface area contributed by atoms with Crippen LogP contribution in [0, 0.1) is 10.1 Å². The number of benzene rings is 1. The van der Waals surface area contributed by atoms with Crippen molar-refractivity contribution in [3.05, 3.63) is 28.3 Å². The average Bonchev–Trinajstić information content (AvgIpc) is 2.91. The lowest BCUT2D eigenvalue weighted by molar-refractivity contribution is -0.384. The molecule has 0 radical (unpaired) electrons. The molecule has 0 N–H and O–H groups in total. The van der Waals surface area contributed by atoms with Crippen molar-refractivity contribution in [1.29, 1.82) is 0 Å². The summed E-state index contributed by atoms with van der Waals surface area (Å²) in [6.07, 6.45) is 1.06. The first kappa shape index (κ1) is 16.2. The highest BCUT2D eigenvalue weighted by atomic mass is 32.2. The van der Waals surface area contributed by atoms with Crippen molar-refractivity contribution in [2.75, 3.05) is 44.4 Å². The van der Waals surface area contributed by atoms with Gasteiger partial charge in [0.1, 0.15) is 5.69 Å². The van der Waals surface area contributed by atoms with E-state index in [0.717, 1.165) is 18.9 Å². The van der Waals surface area contributed by atoms with Crippen LogP contribution < -0.4 is 4.90 Å². The van der Waals surface area contributed by atoms with Gasteiger partial charge in [-0.05, 0) is 19.2 Å². The predicted molar refractivity (Wildman–Crippen MR) is 84.6 cm³/mol. The zero-order chi connectivity index (χ0) is 16.8. The van der Waals surface area contributed by atoms with Gasteiger partial charge in [0.15, 0.2) is 9.84 Å². The van der Waals surface area contributed by atoms with E-state index in [4.69, 9.17) is 4.74 Å². The van der Waals surface area contributed by atoms with Gasteiger partial charge in [-0.1, -0.05) is 0 Å². The molecular formula is C14H19N3O5S. The van der Waals surface area contributed by atoms with E-state index >= 15 is 0 Å². The molecule has 0 amide bonds. The van der Waals surface area contributed by atoms with Crippen LogP contribution in [0.3, 0.4) is 0 Å². The molecule has 9 heteroatoms. The van der Waals surface area contributed by atoms with Gasteiger partial charge >= 0.3 is 0 Å². The Morgan fingerprint density at radius 1 is 1.35 bits per heavy atom. The Morgan fingerprint density at radius 2 is 2.09 bits per heavy atom. The summed E-state index contributed by atoms with van der Waals surface area (Å²) in [6, 6.07) is 4.27. The summed E-state index contributed by atoms with van der Waals surface area (Å²) >= 11 is 0. The molecule has 1 aromatic rings. The van der Waals surface area contributed by atoms with Crippen molar-refractivity contribution in [2.45, 2.75) is 17.0 Å². The standard InChI is InChI=1S/C14H19N3O5S/c1-15-5-6-22-14-9-16(8-13(14)15)11-4-3-10(23(2,20)21)7-12(11)17(18)19/h3-4,7,13-14H,5-6,8-9H2,1-2H3. The van der Waals surface area contributed by atoms with Crippen LogP contribution >= 0.6 is 0 Å². The fourth-order valence-electron chi connectivity index (χ4n) is 3.20. The number of ether oxygens (including phenoxy) is 1. The second-order valence-corrected chi connectivity index (χ2v) is 8.06. The van der Waals surface area contributed by atoms with Crippen molar-refractivity contribution in [1.82, 2.24) is 4.90 Å². The van der Waals surface area contributed by atoms with Crippen LogP contribution in [0.15, 0.2) is 23.1 Å². The minimum absolute atomic E-state index is 0.0166. The molecule has 0 aromatic heterocycles. The van der Waals surface area contributed by atoms with Crippen LogP contribution in [0.1, 0.15) is 0 Å². The van der Waals surface area contributed by atoms with Crippen molar-refractivity contribution in [3.8, 4) is 0 Å². The third-order valence-corrected chi connectivity index (χ3v) is 5.60. The quantitative estimate of drug-likeness (QED) is 0.584. The lowest BCUT2D eigenvalue weighted by atomic mass is 10.1. The molecule has 2 aliphatic heterocycles. The number of sulfone groups is 1. The highest BCUT2D eigenvalue weighted by Crippen LogP contribution is 2.34. The highest BCUT2D eigenvalue weighted by molar-refractivity contribution is 7.90. The van der Waals surface area contributed by atoms with E-state index in [9.17, 15) is 18.5 Å². The van der Waals surface area contributed by atoms with Crippen LogP contribution in [0.25, 0.3) is 0 Å². The van der Waals surface area contributed by atoms with Crippen LogP contribution in [-0.4, -0.2) is 69.9 Å². The van der Waals surface area contributed by atoms with E-state index in [0.29, 0.717) is 25.4 Å².